The number of alkyl halides is 3. The van der Waals surface area contributed by atoms with Gasteiger partial charge in [0.1, 0.15) is 5.75 Å². The zero-order valence-corrected chi connectivity index (χ0v) is 12.8. The van der Waals surface area contributed by atoms with Crippen LogP contribution in [0.25, 0.3) is 0 Å². The molecule has 1 aromatic carbocycles. The number of ether oxygens (including phenoxy) is 1. The van der Waals surface area contributed by atoms with E-state index in [-0.39, 0.29) is 18.2 Å². The smallest absolute Gasteiger partial charge is 0.471 e. The largest absolute Gasteiger partial charge is 0.494 e. The fourth-order valence-electron chi connectivity index (χ4n) is 2.25. The van der Waals surface area contributed by atoms with Crippen molar-refractivity contribution < 1.29 is 22.7 Å². The molecule has 118 valence electrons. The van der Waals surface area contributed by atoms with Crippen LogP contribution in [-0.2, 0) is 4.79 Å². The number of benzene rings is 1. The number of carbonyl (C=O) groups excluding carboxylic acids is 1. The molecule has 0 radical (unpaired) electrons. The minimum atomic E-state index is -4.92. The van der Waals surface area contributed by atoms with Crippen LogP contribution in [0.5, 0.6) is 5.75 Å². The predicted octanol–water partition coefficient (Wildman–Crippen LogP) is 4.04. The molecule has 1 aromatic rings. The summed E-state index contributed by atoms with van der Waals surface area (Å²) in [5, 5.41) is 0. The lowest BCUT2D eigenvalue weighted by Gasteiger charge is -2.28. The highest BCUT2D eigenvalue weighted by molar-refractivity contribution is 5.99. The van der Waals surface area contributed by atoms with E-state index in [1.54, 1.807) is 19.1 Å². The Labute approximate surface area is 122 Å². The zero-order chi connectivity index (χ0) is 16.4. The summed E-state index contributed by atoms with van der Waals surface area (Å²) in [6.45, 7) is 6.88. The summed E-state index contributed by atoms with van der Waals surface area (Å²) >= 11 is 0. The summed E-state index contributed by atoms with van der Waals surface area (Å²) in [7, 11) is 1.39. The molecule has 0 unspecified atom stereocenters. The molecule has 0 heterocycles. The Balaban J connectivity index is 3.57. The lowest BCUT2D eigenvalue weighted by molar-refractivity contribution is -0.170. The van der Waals surface area contributed by atoms with E-state index >= 15 is 0 Å². The van der Waals surface area contributed by atoms with Crippen LogP contribution in [0.4, 0.5) is 18.9 Å². The fraction of sp³-hybridized carbons (Fsp3) is 0.533. The molecule has 0 N–H and O–H groups in total. The molecule has 3 nitrogen and oxygen atoms in total. The van der Waals surface area contributed by atoms with E-state index in [2.05, 4.69) is 0 Å². The van der Waals surface area contributed by atoms with Gasteiger partial charge in [0.05, 0.1) is 12.8 Å². The topological polar surface area (TPSA) is 29.5 Å². The minimum Gasteiger partial charge on any atom is -0.494 e. The lowest BCUT2D eigenvalue weighted by Crippen LogP contribution is -2.42. The van der Waals surface area contributed by atoms with Gasteiger partial charge in [0.25, 0.3) is 0 Å². The van der Waals surface area contributed by atoms with Crippen molar-refractivity contribution in [2.45, 2.75) is 39.8 Å². The highest BCUT2D eigenvalue weighted by Crippen LogP contribution is 2.40. The Hall–Kier alpha value is -1.72. The van der Waals surface area contributed by atoms with Crippen molar-refractivity contribution in [3.05, 3.63) is 23.3 Å². The molecule has 6 heteroatoms. The van der Waals surface area contributed by atoms with E-state index in [4.69, 9.17) is 4.74 Å². The summed E-state index contributed by atoms with van der Waals surface area (Å²) in [4.78, 5) is 12.4. The monoisotopic (exact) mass is 303 g/mol. The first-order chi connectivity index (χ1) is 9.65. The SMILES string of the molecule is CCN(C(=O)C(F)(F)F)c1c(C(C)C)ccc(C)c1OC. The number of aryl methyl sites for hydroxylation is 1. The molecule has 0 saturated carbocycles. The van der Waals surface area contributed by atoms with Gasteiger partial charge in [-0.2, -0.15) is 13.2 Å². The van der Waals surface area contributed by atoms with Gasteiger partial charge in [-0.05, 0) is 30.9 Å². The number of methoxy groups -OCH3 is 1. The summed E-state index contributed by atoms with van der Waals surface area (Å²) in [6.07, 6.45) is -4.92. The maximum absolute atomic E-state index is 12.8. The Morgan fingerprint density at radius 2 is 1.90 bits per heavy atom. The van der Waals surface area contributed by atoms with Crippen LogP contribution in [0.2, 0.25) is 0 Å². The van der Waals surface area contributed by atoms with Gasteiger partial charge in [-0.15, -0.1) is 0 Å². The van der Waals surface area contributed by atoms with Crippen LogP contribution in [0, 0.1) is 6.92 Å². The van der Waals surface area contributed by atoms with E-state index in [0.29, 0.717) is 16.9 Å². The summed E-state index contributed by atoms with van der Waals surface area (Å²) in [5.41, 5.74) is 1.54. The number of rotatable bonds is 4. The summed E-state index contributed by atoms with van der Waals surface area (Å²) < 4.78 is 43.7. The van der Waals surface area contributed by atoms with Crippen LogP contribution in [-0.4, -0.2) is 25.7 Å². The van der Waals surface area contributed by atoms with Gasteiger partial charge in [0.15, 0.2) is 0 Å². The van der Waals surface area contributed by atoms with Crippen LogP contribution in [0.1, 0.15) is 37.8 Å². The standard InChI is InChI=1S/C15H20F3NO2/c1-6-19(14(20)15(16,17)18)12-11(9(2)3)8-7-10(4)13(12)21-5/h7-9H,6H2,1-5H3. The summed E-state index contributed by atoms with van der Waals surface area (Å²) in [5.74, 6) is -1.61. The zero-order valence-electron chi connectivity index (χ0n) is 12.8. The number of halogens is 3. The van der Waals surface area contributed by atoms with Gasteiger partial charge >= 0.3 is 12.1 Å². The number of hydrogen-bond donors (Lipinski definition) is 0. The highest BCUT2D eigenvalue weighted by Gasteiger charge is 2.43. The Morgan fingerprint density at radius 1 is 1.33 bits per heavy atom. The van der Waals surface area contributed by atoms with Crippen molar-refractivity contribution in [3.63, 3.8) is 0 Å². The predicted molar refractivity (Wildman–Crippen MR) is 75.9 cm³/mol. The molecule has 0 atom stereocenters. The van der Waals surface area contributed by atoms with Gasteiger partial charge in [-0.3, -0.25) is 4.79 Å². The van der Waals surface area contributed by atoms with E-state index in [1.165, 1.54) is 14.0 Å². The second-order valence-electron chi connectivity index (χ2n) is 5.06. The van der Waals surface area contributed by atoms with Gasteiger partial charge in [0.2, 0.25) is 0 Å². The third-order valence-corrected chi connectivity index (χ3v) is 3.26. The second-order valence-corrected chi connectivity index (χ2v) is 5.06. The second kappa shape index (κ2) is 6.37. The van der Waals surface area contributed by atoms with Crippen molar-refractivity contribution >= 4 is 11.6 Å². The minimum absolute atomic E-state index is 0.0374. The molecule has 0 fully saturated rings. The molecule has 1 rings (SSSR count). The molecule has 0 aliphatic heterocycles. The number of carbonyl (C=O) groups is 1. The quantitative estimate of drug-likeness (QED) is 0.840. The Kier molecular flexibility index (Phi) is 5.25. The third kappa shape index (κ3) is 3.49. The molecule has 0 aromatic heterocycles. The molecule has 0 saturated heterocycles. The molecular weight excluding hydrogens is 283 g/mol. The first-order valence-electron chi connectivity index (χ1n) is 6.71. The summed E-state index contributed by atoms with van der Waals surface area (Å²) in [6, 6.07) is 3.52. The van der Waals surface area contributed by atoms with Crippen LogP contribution in [0.3, 0.4) is 0 Å². The molecular formula is C15H20F3NO2. The maximum atomic E-state index is 12.8. The van der Waals surface area contributed by atoms with Crippen LogP contribution in [0.15, 0.2) is 12.1 Å². The van der Waals surface area contributed by atoms with Gasteiger partial charge in [-0.25, -0.2) is 0 Å². The van der Waals surface area contributed by atoms with Crippen LogP contribution >= 0.6 is 0 Å². The number of nitrogens with zero attached hydrogens (tertiary/aromatic N) is 1. The van der Waals surface area contributed by atoms with E-state index < -0.39 is 12.1 Å². The first-order valence-corrected chi connectivity index (χ1v) is 6.71. The fourth-order valence-corrected chi connectivity index (χ4v) is 2.25. The Morgan fingerprint density at radius 3 is 2.29 bits per heavy atom. The molecule has 1 amide bonds. The average Bonchev–Trinajstić information content (AvgIpc) is 2.38. The van der Waals surface area contributed by atoms with Crippen molar-refractivity contribution in [1.29, 1.82) is 0 Å². The maximum Gasteiger partial charge on any atom is 0.471 e. The number of hydrogen-bond acceptors (Lipinski definition) is 2. The Bertz CT molecular complexity index is 524. The molecule has 0 spiro atoms. The van der Waals surface area contributed by atoms with E-state index in [0.717, 1.165) is 4.90 Å². The van der Waals surface area contributed by atoms with Crippen molar-refractivity contribution in [2.24, 2.45) is 0 Å². The highest BCUT2D eigenvalue weighted by atomic mass is 19.4. The van der Waals surface area contributed by atoms with Crippen molar-refractivity contribution in [3.8, 4) is 5.75 Å². The van der Waals surface area contributed by atoms with Gasteiger partial charge in [0, 0.05) is 6.54 Å². The molecule has 21 heavy (non-hydrogen) atoms. The van der Waals surface area contributed by atoms with Crippen molar-refractivity contribution in [2.75, 3.05) is 18.6 Å². The average molecular weight is 303 g/mol. The normalized spacial score (nSPS) is 11.7. The number of anilines is 1. The van der Waals surface area contributed by atoms with Gasteiger partial charge < -0.3 is 9.64 Å². The lowest BCUT2D eigenvalue weighted by atomic mass is 9.97. The molecule has 0 aliphatic carbocycles. The van der Waals surface area contributed by atoms with Gasteiger partial charge in [-0.1, -0.05) is 26.0 Å². The van der Waals surface area contributed by atoms with Crippen molar-refractivity contribution in [1.82, 2.24) is 0 Å². The van der Waals surface area contributed by atoms with Crippen LogP contribution < -0.4 is 9.64 Å². The molecule has 0 aliphatic rings. The van der Waals surface area contributed by atoms with E-state index in [1.807, 2.05) is 13.8 Å². The number of amides is 1. The van der Waals surface area contributed by atoms with E-state index in [9.17, 15) is 18.0 Å². The third-order valence-electron chi connectivity index (χ3n) is 3.26. The first kappa shape index (κ1) is 17.3. The molecule has 0 bridgehead atoms.